The predicted octanol–water partition coefficient (Wildman–Crippen LogP) is 4.41. The second kappa shape index (κ2) is 11.1. The van der Waals surface area contributed by atoms with E-state index in [2.05, 4.69) is 20.8 Å². The lowest BCUT2D eigenvalue weighted by Gasteiger charge is -2.43. The van der Waals surface area contributed by atoms with Crippen molar-refractivity contribution in [1.82, 2.24) is 0 Å². The van der Waals surface area contributed by atoms with Crippen molar-refractivity contribution in [2.75, 3.05) is 19.8 Å². The molecule has 0 aliphatic carbocycles. The van der Waals surface area contributed by atoms with Gasteiger partial charge < -0.3 is 18.9 Å². The van der Waals surface area contributed by atoms with Crippen LogP contribution in [0.25, 0.3) is 0 Å². The maximum atomic E-state index is 12.8. The first-order valence-corrected chi connectivity index (χ1v) is 10.9. The molecule has 0 spiro atoms. The molecule has 0 aromatic carbocycles. The summed E-state index contributed by atoms with van der Waals surface area (Å²) in [5.74, 6) is -1.28. The summed E-state index contributed by atoms with van der Waals surface area (Å²) in [4.78, 5) is 36.4. The van der Waals surface area contributed by atoms with Crippen LogP contribution in [0, 0.1) is 16.2 Å². The van der Waals surface area contributed by atoms with Crippen LogP contribution in [0.4, 0.5) is 0 Å². The Hall–Kier alpha value is -1.63. The highest BCUT2D eigenvalue weighted by Gasteiger charge is 2.47. The van der Waals surface area contributed by atoms with Crippen molar-refractivity contribution >= 4 is 17.9 Å². The van der Waals surface area contributed by atoms with Crippen LogP contribution >= 0.6 is 0 Å². The van der Waals surface area contributed by atoms with Crippen LogP contribution in [-0.2, 0) is 33.3 Å². The van der Waals surface area contributed by atoms with Gasteiger partial charge in [-0.3, -0.25) is 14.4 Å². The summed E-state index contributed by atoms with van der Waals surface area (Å²) in [7, 11) is 0. The molecule has 1 rings (SSSR count). The number of carbonyl (C=O) groups is 3. The average molecular weight is 429 g/mol. The molecule has 174 valence electrons. The molecular weight excluding hydrogens is 388 g/mol. The van der Waals surface area contributed by atoms with Crippen molar-refractivity contribution in [2.45, 2.75) is 93.3 Å². The Morgan fingerprint density at radius 3 is 2.00 bits per heavy atom. The first-order chi connectivity index (χ1) is 13.7. The Morgan fingerprint density at radius 2 is 1.47 bits per heavy atom. The van der Waals surface area contributed by atoms with Crippen LogP contribution in [0.2, 0.25) is 0 Å². The molecule has 0 bridgehead atoms. The SMILES string of the molecule is CC(C)(C)CC(C)(C(=O)OCCC(=O)OCCC(=O)OC1CCCCO1)C(C)(C)C. The minimum atomic E-state index is -0.680. The van der Waals surface area contributed by atoms with Gasteiger partial charge in [0.2, 0.25) is 6.29 Å². The quantitative estimate of drug-likeness (QED) is 0.397. The van der Waals surface area contributed by atoms with Crippen molar-refractivity contribution in [3.8, 4) is 0 Å². The van der Waals surface area contributed by atoms with E-state index in [4.69, 9.17) is 18.9 Å². The van der Waals surface area contributed by atoms with E-state index in [0.29, 0.717) is 19.4 Å². The highest BCUT2D eigenvalue weighted by Crippen LogP contribution is 2.47. The fraction of sp³-hybridized carbons (Fsp3) is 0.870. The fourth-order valence-electron chi connectivity index (χ4n) is 3.42. The zero-order valence-corrected chi connectivity index (χ0v) is 19.8. The molecule has 1 heterocycles. The van der Waals surface area contributed by atoms with E-state index in [0.717, 1.165) is 12.8 Å². The minimum Gasteiger partial charge on any atom is -0.465 e. The van der Waals surface area contributed by atoms with E-state index in [9.17, 15) is 14.4 Å². The number of hydrogen-bond acceptors (Lipinski definition) is 7. The van der Waals surface area contributed by atoms with Gasteiger partial charge >= 0.3 is 17.9 Å². The molecule has 0 radical (unpaired) electrons. The Labute approximate surface area is 181 Å². The normalized spacial score (nSPS) is 19.5. The van der Waals surface area contributed by atoms with Crippen molar-refractivity contribution in [2.24, 2.45) is 16.2 Å². The zero-order valence-electron chi connectivity index (χ0n) is 19.8. The summed E-state index contributed by atoms with van der Waals surface area (Å²) in [6.45, 7) is 14.7. The number of rotatable bonds is 9. The highest BCUT2D eigenvalue weighted by atomic mass is 16.7. The molecule has 0 aromatic heterocycles. The highest BCUT2D eigenvalue weighted by molar-refractivity contribution is 5.78. The number of carbonyl (C=O) groups excluding carboxylic acids is 3. The van der Waals surface area contributed by atoms with E-state index >= 15 is 0 Å². The molecule has 2 atom stereocenters. The Balaban J connectivity index is 2.34. The van der Waals surface area contributed by atoms with Gasteiger partial charge in [0.15, 0.2) is 0 Å². The van der Waals surface area contributed by atoms with Crippen molar-refractivity contribution in [3.63, 3.8) is 0 Å². The average Bonchev–Trinajstić information content (AvgIpc) is 2.60. The molecule has 0 amide bonds. The van der Waals surface area contributed by atoms with Gasteiger partial charge in [0.1, 0.15) is 13.2 Å². The molecule has 0 aromatic rings. The zero-order chi connectivity index (χ0) is 23.0. The van der Waals surface area contributed by atoms with Gasteiger partial charge in [-0.2, -0.15) is 0 Å². The lowest BCUT2D eigenvalue weighted by molar-refractivity contribution is -0.187. The smallest absolute Gasteiger partial charge is 0.312 e. The van der Waals surface area contributed by atoms with E-state index < -0.39 is 23.6 Å². The Kier molecular flexibility index (Phi) is 9.79. The first-order valence-electron chi connectivity index (χ1n) is 10.9. The van der Waals surface area contributed by atoms with E-state index in [1.54, 1.807) is 0 Å². The summed E-state index contributed by atoms with van der Waals surface area (Å²) < 4.78 is 21.0. The van der Waals surface area contributed by atoms with Crippen LogP contribution in [0.5, 0.6) is 0 Å². The summed E-state index contributed by atoms with van der Waals surface area (Å²) in [6.07, 6.45) is 2.73. The maximum Gasteiger partial charge on any atom is 0.312 e. The van der Waals surface area contributed by atoms with Crippen LogP contribution < -0.4 is 0 Å². The summed E-state index contributed by atoms with van der Waals surface area (Å²) in [5, 5.41) is 0. The van der Waals surface area contributed by atoms with Gasteiger partial charge in [-0.05, 0) is 37.0 Å². The minimum absolute atomic E-state index is 0.0287. The molecule has 7 heteroatoms. The monoisotopic (exact) mass is 428 g/mol. The van der Waals surface area contributed by atoms with Gasteiger partial charge in [-0.1, -0.05) is 41.5 Å². The molecular formula is C23H40O7. The number of ether oxygens (including phenoxy) is 4. The number of hydrogen-bond donors (Lipinski definition) is 0. The number of esters is 3. The van der Waals surface area contributed by atoms with Gasteiger partial charge in [-0.15, -0.1) is 0 Å². The van der Waals surface area contributed by atoms with Gasteiger partial charge in [-0.25, -0.2) is 0 Å². The van der Waals surface area contributed by atoms with E-state index in [-0.39, 0.29) is 42.9 Å². The lowest BCUT2D eigenvalue weighted by Crippen LogP contribution is -2.44. The molecule has 1 saturated heterocycles. The van der Waals surface area contributed by atoms with Crippen LogP contribution in [0.3, 0.4) is 0 Å². The van der Waals surface area contributed by atoms with Crippen LogP contribution in [-0.4, -0.2) is 44.0 Å². The summed E-state index contributed by atoms with van der Waals surface area (Å²) >= 11 is 0. The third-order valence-electron chi connectivity index (χ3n) is 5.50. The summed E-state index contributed by atoms with van der Waals surface area (Å²) in [5.41, 5.74) is -1.02. The van der Waals surface area contributed by atoms with Crippen molar-refractivity contribution < 1.29 is 33.3 Å². The first kappa shape index (κ1) is 26.4. The van der Waals surface area contributed by atoms with E-state index in [1.165, 1.54) is 0 Å². The third kappa shape index (κ3) is 9.02. The van der Waals surface area contributed by atoms with Crippen molar-refractivity contribution in [3.05, 3.63) is 0 Å². The Bertz CT molecular complexity index is 579. The lowest BCUT2D eigenvalue weighted by atomic mass is 9.61. The molecule has 0 N–H and O–H groups in total. The molecule has 2 unspecified atom stereocenters. The molecule has 30 heavy (non-hydrogen) atoms. The molecule has 7 nitrogen and oxygen atoms in total. The van der Waals surface area contributed by atoms with Crippen LogP contribution in [0.1, 0.15) is 87.0 Å². The molecule has 0 saturated carbocycles. The topological polar surface area (TPSA) is 88.1 Å². The molecule has 1 fully saturated rings. The predicted molar refractivity (Wildman–Crippen MR) is 112 cm³/mol. The van der Waals surface area contributed by atoms with Gasteiger partial charge in [0, 0.05) is 6.42 Å². The second-order valence-electron chi connectivity index (χ2n) is 10.5. The standard InChI is InChI=1S/C23H40O7/c1-21(2,3)16-23(7,22(4,5)6)20(26)29-15-11-17(24)27-14-12-18(25)30-19-10-8-9-13-28-19/h19H,8-16H2,1-7H3. The molecule has 1 aliphatic heterocycles. The Morgan fingerprint density at radius 1 is 0.867 bits per heavy atom. The molecule has 1 aliphatic rings. The summed E-state index contributed by atoms with van der Waals surface area (Å²) in [6, 6.07) is 0. The maximum absolute atomic E-state index is 12.8. The largest absolute Gasteiger partial charge is 0.465 e. The van der Waals surface area contributed by atoms with Gasteiger partial charge in [0.25, 0.3) is 0 Å². The van der Waals surface area contributed by atoms with E-state index in [1.807, 2.05) is 27.7 Å². The van der Waals surface area contributed by atoms with Crippen molar-refractivity contribution in [1.29, 1.82) is 0 Å². The third-order valence-corrected chi connectivity index (χ3v) is 5.50. The van der Waals surface area contributed by atoms with Crippen LogP contribution in [0.15, 0.2) is 0 Å². The van der Waals surface area contributed by atoms with Gasteiger partial charge in [0.05, 0.1) is 24.9 Å². The fourth-order valence-corrected chi connectivity index (χ4v) is 3.42. The second-order valence-corrected chi connectivity index (χ2v) is 10.5.